The first-order valence-corrected chi connectivity index (χ1v) is 6.09. The smallest absolute Gasteiger partial charge is 0.265 e. The summed E-state index contributed by atoms with van der Waals surface area (Å²) >= 11 is 0. The molecule has 0 spiro atoms. The minimum atomic E-state index is -0.430. The lowest BCUT2D eigenvalue weighted by atomic mass is 10.0. The summed E-state index contributed by atoms with van der Waals surface area (Å²) in [6, 6.07) is 6.08. The van der Waals surface area contributed by atoms with Crippen molar-refractivity contribution in [2.45, 2.75) is 19.1 Å². The van der Waals surface area contributed by atoms with E-state index < -0.39 is 6.10 Å². The van der Waals surface area contributed by atoms with Gasteiger partial charge in [0, 0.05) is 12.6 Å². The topological polar surface area (TPSA) is 62.4 Å². The summed E-state index contributed by atoms with van der Waals surface area (Å²) in [5, 5.41) is 9.22. The molecule has 0 saturated heterocycles. The van der Waals surface area contributed by atoms with Crippen molar-refractivity contribution in [3.05, 3.63) is 23.8 Å². The number of carbonyl (C=O) groups excluding carboxylic acids is 1. The molecule has 1 amide bonds. The van der Waals surface area contributed by atoms with Gasteiger partial charge in [0.25, 0.3) is 5.91 Å². The number of hydrogen-bond acceptors (Lipinski definition) is 4. The van der Waals surface area contributed by atoms with E-state index in [1.807, 2.05) is 32.3 Å². The van der Waals surface area contributed by atoms with E-state index in [9.17, 15) is 4.79 Å². The van der Waals surface area contributed by atoms with Gasteiger partial charge in [0.05, 0.1) is 5.69 Å². The van der Waals surface area contributed by atoms with Gasteiger partial charge in [0.2, 0.25) is 0 Å². The highest BCUT2D eigenvalue weighted by molar-refractivity contribution is 5.97. The van der Waals surface area contributed by atoms with Crippen molar-refractivity contribution < 1.29 is 9.53 Å². The van der Waals surface area contributed by atoms with Crippen LogP contribution in [0.1, 0.15) is 18.5 Å². The van der Waals surface area contributed by atoms with Crippen molar-refractivity contribution in [3.8, 4) is 5.75 Å². The quantitative estimate of drug-likeness (QED) is 0.741. The van der Waals surface area contributed by atoms with Crippen molar-refractivity contribution >= 4 is 11.6 Å². The second-order valence-corrected chi connectivity index (χ2v) is 4.40. The third kappa shape index (κ3) is 2.47. The molecule has 98 valence electrons. The molecule has 1 aromatic rings. The van der Waals surface area contributed by atoms with Gasteiger partial charge in [-0.05, 0) is 38.7 Å². The van der Waals surface area contributed by atoms with Crippen molar-refractivity contribution in [3.63, 3.8) is 0 Å². The number of hydrogen-bond donors (Lipinski definition) is 3. The average Bonchev–Trinajstić information content (AvgIpc) is 2.37. The maximum Gasteiger partial charge on any atom is 0.265 e. The molecule has 0 aromatic heterocycles. The molecular formula is C13H19N3O2. The molecule has 3 N–H and O–H groups in total. The van der Waals surface area contributed by atoms with Crippen molar-refractivity contribution in [2.24, 2.45) is 0 Å². The molecule has 0 aliphatic carbocycles. The van der Waals surface area contributed by atoms with Crippen LogP contribution in [0.2, 0.25) is 0 Å². The Morgan fingerprint density at radius 1 is 1.44 bits per heavy atom. The summed E-state index contributed by atoms with van der Waals surface area (Å²) in [5.74, 6) is 0.624. The Labute approximate surface area is 107 Å². The fraction of sp³-hybridized carbons (Fsp3) is 0.462. The van der Waals surface area contributed by atoms with Gasteiger partial charge in [0.15, 0.2) is 6.10 Å². The molecule has 5 heteroatoms. The maximum absolute atomic E-state index is 11.6. The Balaban J connectivity index is 2.26. The Kier molecular flexibility index (Phi) is 3.84. The minimum absolute atomic E-state index is 0.103. The Morgan fingerprint density at radius 2 is 2.22 bits per heavy atom. The number of likely N-dealkylation sites (N-methyl/N-ethyl adjacent to an activating group) is 2. The van der Waals surface area contributed by atoms with Gasteiger partial charge in [-0.3, -0.25) is 4.79 Å². The molecule has 18 heavy (non-hydrogen) atoms. The molecule has 5 nitrogen and oxygen atoms in total. The zero-order valence-electron chi connectivity index (χ0n) is 10.9. The molecular weight excluding hydrogens is 230 g/mol. The first kappa shape index (κ1) is 12.9. The van der Waals surface area contributed by atoms with Crippen LogP contribution < -0.4 is 20.7 Å². The molecule has 1 aromatic carbocycles. The fourth-order valence-corrected chi connectivity index (χ4v) is 2.03. The van der Waals surface area contributed by atoms with Crippen LogP contribution in [-0.4, -0.2) is 32.7 Å². The van der Waals surface area contributed by atoms with Crippen LogP contribution in [0.25, 0.3) is 0 Å². The molecule has 0 radical (unpaired) electrons. The second-order valence-electron chi connectivity index (χ2n) is 4.40. The summed E-state index contributed by atoms with van der Waals surface area (Å²) in [7, 11) is 3.83. The first-order chi connectivity index (χ1) is 8.65. The number of benzene rings is 1. The maximum atomic E-state index is 11.6. The predicted octanol–water partition coefficient (Wildman–Crippen LogP) is 0.886. The Morgan fingerprint density at radius 3 is 2.89 bits per heavy atom. The van der Waals surface area contributed by atoms with Gasteiger partial charge in [-0.15, -0.1) is 0 Å². The number of ether oxygens (including phenoxy) is 1. The molecule has 0 bridgehead atoms. The van der Waals surface area contributed by atoms with E-state index >= 15 is 0 Å². The van der Waals surface area contributed by atoms with Gasteiger partial charge in [0.1, 0.15) is 5.75 Å². The molecule has 2 atom stereocenters. The summed E-state index contributed by atoms with van der Waals surface area (Å²) in [6.45, 7) is 2.56. The number of fused-ring (bicyclic) bond motifs is 1. The number of rotatable bonds is 4. The summed E-state index contributed by atoms with van der Waals surface area (Å²) in [6.07, 6.45) is -0.430. The molecule has 0 saturated carbocycles. The number of amides is 1. The average molecular weight is 249 g/mol. The van der Waals surface area contributed by atoms with Crippen LogP contribution in [0.3, 0.4) is 0 Å². The zero-order valence-corrected chi connectivity index (χ0v) is 10.9. The standard InChI is InChI=1S/C13H19N3O2/c1-8-13(17)16-10-6-9(4-5-12(10)18-8)11(15-3)7-14-2/h4-6,8,11,14-15H,7H2,1-3H3,(H,16,17). The highest BCUT2D eigenvalue weighted by atomic mass is 16.5. The van der Waals surface area contributed by atoms with Crippen LogP contribution in [0.4, 0.5) is 5.69 Å². The SMILES string of the molecule is CNCC(NC)c1ccc2c(c1)NC(=O)C(C)O2. The molecule has 2 rings (SSSR count). The third-order valence-corrected chi connectivity index (χ3v) is 3.09. The van der Waals surface area contributed by atoms with E-state index in [4.69, 9.17) is 4.74 Å². The van der Waals surface area contributed by atoms with Crippen LogP contribution in [0.5, 0.6) is 5.75 Å². The number of anilines is 1. The van der Waals surface area contributed by atoms with Crippen LogP contribution in [-0.2, 0) is 4.79 Å². The van der Waals surface area contributed by atoms with Crippen LogP contribution in [0, 0.1) is 0 Å². The van der Waals surface area contributed by atoms with Gasteiger partial charge < -0.3 is 20.7 Å². The number of nitrogens with one attached hydrogen (secondary N) is 3. The fourth-order valence-electron chi connectivity index (χ4n) is 2.03. The lowest BCUT2D eigenvalue weighted by Crippen LogP contribution is -2.34. The van der Waals surface area contributed by atoms with Gasteiger partial charge >= 0.3 is 0 Å². The molecule has 1 aliphatic heterocycles. The van der Waals surface area contributed by atoms with Gasteiger partial charge in [-0.1, -0.05) is 6.07 Å². The minimum Gasteiger partial charge on any atom is -0.479 e. The predicted molar refractivity (Wildman–Crippen MR) is 70.9 cm³/mol. The summed E-state index contributed by atoms with van der Waals surface area (Å²) in [5.41, 5.74) is 1.86. The van der Waals surface area contributed by atoms with E-state index in [1.165, 1.54) is 0 Å². The van der Waals surface area contributed by atoms with E-state index in [0.717, 1.165) is 23.5 Å². The molecule has 1 aliphatic rings. The Hall–Kier alpha value is -1.59. The van der Waals surface area contributed by atoms with Gasteiger partial charge in [-0.2, -0.15) is 0 Å². The third-order valence-electron chi connectivity index (χ3n) is 3.09. The monoisotopic (exact) mass is 249 g/mol. The highest BCUT2D eigenvalue weighted by Crippen LogP contribution is 2.31. The van der Waals surface area contributed by atoms with Crippen LogP contribution >= 0.6 is 0 Å². The van der Waals surface area contributed by atoms with E-state index in [-0.39, 0.29) is 11.9 Å². The first-order valence-electron chi connectivity index (χ1n) is 6.09. The summed E-state index contributed by atoms with van der Waals surface area (Å²) in [4.78, 5) is 11.6. The van der Waals surface area contributed by atoms with Crippen LogP contribution in [0.15, 0.2) is 18.2 Å². The normalized spacial score (nSPS) is 19.7. The lowest BCUT2D eigenvalue weighted by molar-refractivity contribution is -0.122. The van der Waals surface area contributed by atoms with E-state index in [2.05, 4.69) is 16.0 Å². The molecule has 1 heterocycles. The molecule has 0 fully saturated rings. The second kappa shape index (κ2) is 5.37. The Bertz CT molecular complexity index is 448. The highest BCUT2D eigenvalue weighted by Gasteiger charge is 2.24. The van der Waals surface area contributed by atoms with E-state index in [1.54, 1.807) is 6.92 Å². The summed E-state index contributed by atoms with van der Waals surface area (Å²) < 4.78 is 5.52. The lowest BCUT2D eigenvalue weighted by Gasteiger charge is -2.25. The largest absolute Gasteiger partial charge is 0.479 e. The number of carbonyl (C=O) groups is 1. The van der Waals surface area contributed by atoms with Crippen molar-refractivity contribution in [1.82, 2.24) is 10.6 Å². The van der Waals surface area contributed by atoms with E-state index in [0.29, 0.717) is 0 Å². The molecule has 2 unspecified atom stereocenters. The van der Waals surface area contributed by atoms with Crippen molar-refractivity contribution in [2.75, 3.05) is 26.0 Å². The zero-order chi connectivity index (χ0) is 13.1. The van der Waals surface area contributed by atoms with Gasteiger partial charge in [-0.25, -0.2) is 0 Å². The van der Waals surface area contributed by atoms with Crippen molar-refractivity contribution in [1.29, 1.82) is 0 Å².